The van der Waals surface area contributed by atoms with Gasteiger partial charge in [0.05, 0.1) is 16.6 Å². The summed E-state index contributed by atoms with van der Waals surface area (Å²) in [5.41, 5.74) is 0.592. The first-order valence-electron chi connectivity index (χ1n) is 5.08. The SMILES string of the molecule is CC(NCC(F)(F)C(F)F)c1ccc(Cl)c(Cl)c1. The fourth-order valence-corrected chi connectivity index (χ4v) is 1.57. The first-order chi connectivity index (χ1) is 8.24. The van der Waals surface area contributed by atoms with Crippen LogP contribution in [0.15, 0.2) is 18.2 Å². The third-order valence-electron chi connectivity index (χ3n) is 2.41. The lowest BCUT2D eigenvalue weighted by Gasteiger charge is -2.20. The molecule has 1 aromatic rings. The van der Waals surface area contributed by atoms with Gasteiger partial charge in [-0.2, -0.15) is 8.78 Å². The first-order valence-corrected chi connectivity index (χ1v) is 5.84. The second kappa shape index (κ2) is 6.08. The third-order valence-corrected chi connectivity index (χ3v) is 3.15. The smallest absolute Gasteiger partial charge is 0.304 e. The van der Waals surface area contributed by atoms with Gasteiger partial charge in [0.15, 0.2) is 0 Å². The van der Waals surface area contributed by atoms with E-state index in [-0.39, 0.29) is 5.02 Å². The van der Waals surface area contributed by atoms with E-state index in [1.807, 2.05) is 0 Å². The molecule has 1 rings (SSSR count). The highest BCUT2D eigenvalue weighted by atomic mass is 35.5. The van der Waals surface area contributed by atoms with Crippen LogP contribution < -0.4 is 5.32 Å². The molecule has 0 aliphatic heterocycles. The standard InChI is InChI=1S/C11H11Cl2F4N/c1-6(18-5-11(16,17)10(14)15)7-2-3-8(12)9(13)4-7/h2-4,6,10,18H,5H2,1H3. The van der Waals surface area contributed by atoms with Crippen LogP contribution in [0.25, 0.3) is 0 Å². The van der Waals surface area contributed by atoms with E-state index < -0.39 is 24.9 Å². The van der Waals surface area contributed by atoms with Gasteiger partial charge in [-0.3, -0.25) is 0 Å². The Balaban J connectivity index is 2.66. The van der Waals surface area contributed by atoms with E-state index in [0.717, 1.165) is 0 Å². The maximum atomic E-state index is 12.7. The van der Waals surface area contributed by atoms with Crippen molar-refractivity contribution in [2.75, 3.05) is 6.54 Å². The van der Waals surface area contributed by atoms with Crippen molar-refractivity contribution in [3.05, 3.63) is 33.8 Å². The lowest BCUT2D eigenvalue weighted by Crippen LogP contribution is -2.39. The molecular formula is C11H11Cl2F4N. The summed E-state index contributed by atoms with van der Waals surface area (Å²) >= 11 is 11.5. The average Bonchev–Trinajstić information content (AvgIpc) is 2.29. The topological polar surface area (TPSA) is 12.0 Å². The second-order valence-corrected chi connectivity index (χ2v) is 4.65. The molecule has 1 nitrogen and oxygen atoms in total. The molecule has 0 saturated heterocycles. The quantitative estimate of drug-likeness (QED) is 0.787. The highest BCUT2D eigenvalue weighted by Gasteiger charge is 2.40. The van der Waals surface area contributed by atoms with Crippen LogP contribution in [0.2, 0.25) is 10.0 Å². The summed E-state index contributed by atoms with van der Waals surface area (Å²) in [6.07, 6.45) is -3.69. The Hall–Kier alpha value is -0.520. The number of rotatable bonds is 5. The predicted molar refractivity (Wildman–Crippen MR) is 63.8 cm³/mol. The summed E-state index contributed by atoms with van der Waals surface area (Å²) in [6, 6.07) is 4.07. The molecule has 1 N–H and O–H groups in total. The molecule has 7 heteroatoms. The molecule has 0 fully saturated rings. The minimum absolute atomic E-state index is 0.281. The van der Waals surface area contributed by atoms with Crippen LogP contribution in [0, 0.1) is 0 Å². The van der Waals surface area contributed by atoms with Gasteiger partial charge < -0.3 is 5.32 Å². The van der Waals surface area contributed by atoms with Crippen LogP contribution in [-0.2, 0) is 0 Å². The molecule has 1 aromatic carbocycles. The molecule has 0 aromatic heterocycles. The minimum atomic E-state index is -4.05. The molecule has 0 aliphatic carbocycles. The molecular weight excluding hydrogens is 293 g/mol. The van der Waals surface area contributed by atoms with Crippen molar-refractivity contribution in [2.45, 2.75) is 25.3 Å². The van der Waals surface area contributed by atoms with E-state index in [1.54, 1.807) is 13.0 Å². The molecule has 0 amide bonds. The Labute approximate surface area is 112 Å². The molecule has 0 aliphatic rings. The number of hydrogen-bond acceptors (Lipinski definition) is 1. The van der Waals surface area contributed by atoms with Crippen LogP contribution in [-0.4, -0.2) is 18.9 Å². The highest BCUT2D eigenvalue weighted by Crippen LogP contribution is 2.27. The van der Waals surface area contributed by atoms with Gasteiger partial charge in [0.1, 0.15) is 0 Å². The highest BCUT2D eigenvalue weighted by molar-refractivity contribution is 6.42. The Morgan fingerprint density at radius 1 is 1.22 bits per heavy atom. The lowest BCUT2D eigenvalue weighted by atomic mass is 10.1. The van der Waals surface area contributed by atoms with E-state index in [0.29, 0.717) is 10.6 Å². The zero-order valence-corrected chi connectivity index (χ0v) is 10.9. The van der Waals surface area contributed by atoms with Gasteiger partial charge >= 0.3 is 12.3 Å². The summed E-state index contributed by atoms with van der Waals surface area (Å²) in [4.78, 5) is 0. The van der Waals surface area contributed by atoms with Crippen molar-refractivity contribution >= 4 is 23.2 Å². The lowest BCUT2D eigenvalue weighted by molar-refractivity contribution is -0.126. The molecule has 0 spiro atoms. The van der Waals surface area contributed by atoms with Crippen LogP contribution in [0.1, 0.15) is 18.5 Å². The van der Waals surface area contributed by atoms with Gasteiger partial charge in [-0.1, -0.05) is 29.3 Å². The van der Waals surface area contributed by atoms with Crippen molar-refractivity contribution in [1.29, 1.82) is 0 Å². The number of halogens is 6. The fourth-order valence-electron chi connectivity index (χ4n) is 1.27. The molecule has 102 valence electrons. The van der Waals surface area contributed by atoms with Crippen LogP contribution in [0.5, 0.6) is 0 Å². The van der Waals surface area contributed by atoms with Gasteiger partial charge in [-0.25, -0.2) is 8.78 Å². The third kappa shape index (κ3) is 4.00. The normalized spacial score (nSPS) is 14.0. The van der Waals surface area contributed by atoms with Crippen molar-refractivity contribution in [1.82, 2.24) is 5.32 Å². The minimum Gasteiger partial charge on any atom is -0.304 e. The fraction of sp³-hybridized carbons (Fsp3) is 0.455. The van der Waals surface area contributed by atoms with Gasteiger partial charge in [-0.05, 0) is 24.6 Å². The Kier molecular flexibility index (Phi) is 5.25. The van der Waals surface area contributed by atoms with Crippen molar-refractivity contribution in [2.24, 2.45) is 0 Å². The van der Waals surface area contributed by atoms with Crippen LogP contribution >= 0.6 is 23.2 Å². The summed E-state index contributed by atoms with van der Waals surface area (Å²) in [5, 5.41) is 2.95. The molecule has 18 heavy (non-hydrogen) atoms. The first kappa shape index (κ1) is 15.5. The van der Waals surface area contributed by atoms with Crippen molar-refractivity contribution in [3.8, 4) is 0 Å². The Bertz CT molecular complexity index is 412. The monoisotopic (exact) mass is 303 g/mol. The van der Waals surface area contributed by atoms with Gasteiger partial charge in [0.2, 0.25) is 0 Å². The summed E-state index contributed by atoms with van der Waals surface area (Å²) < 4.78 is 49.3. The van der Waals surface area contributed by atoms with Crippen LogP contribution in [0.4, 0.5) is 17.6 Å². The molecule has 1 unspecified atom stereocenters. The van der Waals surface area contributed by atoms with Gasteiger partial charge in [0, 0.05) is 6.04 Å². The maximum Gasteiger partial charge on any atom is 0.319 e. The Morgan fingerprint density at radius 2 is 1.83 bits per heavy atom. The number of alkyl halides is 4. The second-order valence-electron chi connectivity index (χ2n) is 3.84. The van der Waals surface area contributed by atoms with E-state index in [2.05, 4.69) is 5.32 Å². The maximum absolute atomic E-state index is 12.7. The van der Waals surface area contributed by atoms with Crippen LogP contribution in [0.3, 0.4) is 0 Å². The molecule has 0 bridgehead atoms. The molecule has 0 heterocycles. The summed E-state index contributed by atoms with van der Waals surface area (Å²) in [7, 11) is 0. The number of hydrogen-bond donors (Lipinski definition) is 1. The van der Waals surface area contributed by atoms with Gasteiger partial charge in [-0.15, -0.1) is 0 Å². The summed E-state index contributed by atoms with van der Waals surface area (Å²) in [6.45, 7) is 0.465. The summed E-state index contributed by atoms with van der Waals surface area (Å²) in [5.74, 6) is -4.05. The molecule has 0 radical (unpaired) electrons. The van der Waals surface area contributed by atoms with E-state index in [1.165, 1.54) is 12.1 Å². The zero-order valence-electron chi connectivity index (χ0n) is 9.36. The van der Waals surface area contributed by atoms with E-state index in [9.17, 15) is 17.6 Å². The predicted octanol–water partition coefficient (Wildman–Crippen LogP) is 4.54. The number of benzene rings is 1. The molecule has 1 atom stereocenters. The average molecular weight is 304 g/mol. The van der Waals surface area contributed by atoms with Crippen molar-refractivity contribution < 1.29 is 17.6 Å². The Morgan fingerprint density at radius 3 is 2.33 bits per heavy atom. The van der Waals surface area contributed by atoms with Gasteiger partial charge in [0.25, 0.3) is 0 Å². The zero-order chi connectivity index (χ0) is 13.9. The van der Waals surface area contributed by atoms with E-state index in [4.69, 9.17) is 23.2 Å². The number of nitrogens with one attached hydrogen (secondary N) is 1. The largest absolute Gasteiger partial charge is 0.319 e. The van der Waals surface area contributed by atoms with E-state index >= 15 is 0 Å². The molecule has 0 saturated carbocycles. The van der Waals surface area contributed by atoms with Crippen molar-refractivity contribution in [3.63, 3.8) is 0 Å².